The van der Waals surface area contributed by atoms with Crippen LogP contribution in [0, 0.1) is 32.5 Å². The molecule has 1 saturated carbocycles. The van der Waals surface area contributed by atoms with Crippen molar-refractivity contribution in [1.82, 2.24) is 14.7 Å². The van der Waals surface area contributed by atoms with Crippen LogP contribution in [0.1, 0.15) is 60.1 Å². The number of imidazole rings is 1. The molecule has 0 amide bonds. The number of ether oxygens (including phenoxy) is 1. The number of aromatic nitrogens is 3. The second-order valence-corrected chi connectivity index (χ2v) is 9.69. The fraction of sp³-hybridized carbons (Fsp3) is 0.393. The van der Waals surface area contributed by atoms with E-state index in [4.69, 9.17) is 14.2 Å². The number of hydrogen-bond acceptors (Lipinski definition) is 5. The Kier molecular flexibility index (Phi) is 6.28. The summed E-state index contributed by atoms with van der Waals surface area (Å²) < 4.78 is 27.2. The fourth-order valence-corrected chi connectivity index (χ4v) is 5.60. The highest BCUT2D eigenvalue weighted by Gasteiger charge is 2.30. The molecule has 1 N–H and O–H groups in total. The van der Waals surface area contributed by atoms with E-state index >= 15 is 0 Å². The zero-order chi connectivity index (χ0) is 25.6. The Morgan fingerprint density at radius 1 is 1.17 bits per heavy atom. The first-order valence-corrected chi connectivity index (χ1v) is 12.3. The molecule has 0 atom stereocenters. The van der Waals surface area contributed by atoms with Crippen molar-refractivity contribution in [2.75, 3.05) is 7.11 Å². The maximum absolute atomic E-state index is 14.5. The van der Waals surface area contributed by atoms with Crippen LogP contribution in [0.3, 0.4) is 0 Å². The summed E-state index contributed by atoms with van der Waals surface area (Å²) in [6.45, 7) is 5.89. The first-order chi connectivity index (χ1) is 17.3. The van der Waals surface area contributed by atoms with Crippen molar-refractivity contribution in [3.05, 3.63) is 64.6 Å². The molecule has 2 aromatic carbocycles. The Labute approximate surface area is 208 Å². The van der Waals surface area contributed by atoms with Gasteiger partial charge in [0.15, 0.2) is 11.6 Å². The van der Waals surface area contributed by atoms with E-state index < -0.39 is 11.8 Å². The molecule has 188 valence electrons. The molecule has 36 heavy (non-hydrogen) atoms. The van der Waals surface area contributed by atoms with E-state index in [9.17, 15) is 14.3 Å². The number of aryl methyl sites for hydroxylation is 3. The number of aliphatic carboxylic acids is 1. The number of fused-ring (bicyclic) bond motifs is 1. The lowest BCUT2D eigenvalue weighted by Crippen LogP contribution is -2.24. The van der Waals surface area contributed by atoms with Gasteiger partial charge in [0.25, 0.3) is 0 Å². The Morgan fingerprint density at radius 2 is 1.92 bits per heavy atom. The van der Waals surface area contributed by atoms with Crippen molar-refractivity contribution in [3.8, 4) is 16.9 Å². The molecule has 1 aliphatic rings. The van der Waals surface area contributed by atoms with Crippen LogP contribution < -0.4 is 4.74 Å². The van der Waals surface area contributed by atoms with Crippen LogP contribution in [0.4, 0.5) is 4.39 Å². The van der Waals surface area contributed by atoms with Crippen molar-refractivity contribution < 1.29 is 23.6 Å². The number of carboxylic acids is 1. The molecule has 2 aromatic heterocycles. The summed E-state index contributed by atoms with van der Waals surface area (Å²) in [4.78, 5) is 16.6. The third-order valence-electron chi connectivity index (χ3n) is 7.48. The number of halogens is 1. The lowest BCUT2D eigenvalue weighted by atomic mass is 9.85. The van der Waals surface area contributed by atoms with Crippen molar-refractivity contribution in [1.29, 1.82) is 0 Å². The van der Waals surface area contributed by atoms with Crippen LogP contribution in [0.2, 0.25) is 0 Å². The second kappa shape index (κ2) is 9.41. The second-order valence-electron chi connectivity index (χ2n) is 9.69. The molecule has 2 heterocycles. The Morgan fingerprint density at radius 3 is 2.53 bits per heavy atom. The van der Waals surface area contributed by atoms with Gasteiger partial charge in [0.2, 0.25) is 0 Å². The third kappa shape index (κ3) is 4.14. The highest BCUT2D eigenvalue weighted by atomic mass is 19.1. The summed E-state index contributed by atoms with van der Waals surface area (Å²) in [5.41, 5.74) is 6.55. The minimum absolute atomic E-state index is 0.132. The number of carbonyl (C=O) groups is 1. The van der Waals surface area contributed by atoms with Crippen LogP contribution in [-0.4, -0.2) is 32.9 Å². The Bertz CT molecular complexity index is 1430. The van der Waals surface area contributed by atoms with E-state index in [1.54, 1.807) is 6.07 Å². The summed E-state index contributed by atoms with van der Waals surface area (Å²) in [6, 6.07) is 9.28. The number of hydrogen-bond donors (Lipinski definition) is 1. The number of benzene rings is 2. The molecule has 0 aliphatic heterocycles. The average molecular weight is 492 g/mol. The Balaban J connectivity index is 1.62. The quantitative estimate of drug-likeness (QED) is 0.347. The maximum atomic E-state index is 14.5. The zero-order valence-electron chi connectivity index (χ0n) is 21.0. The van der Waals surface area contributed by atoms with E-state index in [2.05, 4.69) is 28.8 Å². The fourth-order valence-electron chi connectivity index (χ4n) is 5.60. The van der Waals surface area contributed by atoms with Crippen LogP contribution in [0.25, 0.3) is 22.2 Å². The number of methoxy groups -OCH3 is 1. The lowest BCUT2D eigenvalue weighted by molar-refractivity contribution is -0.143. The van der Waals surface area contributed by atoms with Gasteiger partial charge in [-0.25, -0.2) is 9.37 Å². The van der Waals surface area contributed by atoms with Gasteiger partial charge in [-0.1, -0.05) is 17.3 Å². The Hall–Kier alpha value is -3.68. The number of nitrogens with zero attached hydrogens (tertiary/aromatic N) is 3. The molecule has 0 spiro atoms. The molecular weight excluding hydrogens is 461 g/mol. The van der Waals surface area contributed by atoms with Crippen molar-refractivity contribution >= 4 is 17.0 Å². The molecule has 1 aliphatic carbocycles. The van der Waals surface area contributed by atoms with Crippen LogP contribution in [-0.2, 0) is 11.2 Å². The standard InChI is InChI=1S/C28H30FN3O4/c1-15-21(26-16(2)31-36-17(26)3)10-11-23-27(15)30-25(14-18-5-12-24(35-4)22(29)13-18)32(23)20-8-6-19(7-9-20)28(33)34/h5,10-13,19-20H,6-9,14H2,1-4H3,(H,33,34). The SMILES string of the molecule is COc1ccc(Cc2nc3c(C)c(-c4c(C)noc4C)ccc3n2C2CCC(C(=O)O)CC2)cc1F. The van der Waals surface area contributed by atoms with Crippen molar-refractivity contribution in [3.63, 3.8) is 0 Å². The first kappa shape index (κ1) is 24.0. The van der Waals surface area contributed by atoms with Crippen LogP contribution in [0.5, 0.6) is 5.75 Å². The van der Waals surface area contributed by atoms with Gasteiger partial charge in [-0.2, -0.15) is 0 Å². The molecule has 0 radical (unpaired) electrons. The molecular formula is C28H30FN3O4. The van der Waals surface area contributed by atoms with Crippen molar-refractivity contribution in [2.45, 2.75) is 58.9 Å². The summed E-state index contributed by atoms with van der Waals surface area (Å²) in [7, 11) is 1.45. The van der Waals surface area contributed by atoms with Gasteiger partial charge in [-0.15, -0.1) is 0 Å². The van der Waals surface area contributed by atoms with E-state index in [1.807, 2.05) is 19.9 Å². The molecule has 0 bridgehead atoms. The van der Waals surface area contributed by atoms with Gasteiger partial charge >= 0.3 is 5.97 Å². The highest BCUT2D eigenvalue weighted by molar-refractivity contribution is 5.88. The van der Waals surface area contributed by atoms with Gasteiger partial charge in [0.05, 0.1) is 29.8 Å². The van der Waals surface area contributed by atoms with Gasteiger partial charge in [-0.05, 0) is 81.3 Å². The monoisotopic (exact) mass is 491 g/mol. The minimum Gasteiger partial charge on any atom is -0.494 e. The summed E-state index contributed by atoms with van der Waals surface area (Å²) >= 11 is 0. The topological polar surface area (TPSA) is 90.4 Å². The molecule has 0 unspecified atom stereocenters. The molecule has 5 rings (SSSR count). The number of rotatable bonds is 6. The normalized spacial score (nSPS) is 18.0. The van der Waals surface area contributed by atoms with Crippen molar-refractivity contribution in [2.24, 2.45) is 5.92 Å². The highest BCUT2D eigenvalue weighted by Crippen LogP contribution is 2.39. The predicted octanol–water partition coefficient (Wildman–Crippen LogP) is 6.17. The minimum atomic E-state index is -0.724. The van der Waals surface area contributed by atoms with Gasteiger partial charge in [-0.3, -0.25) is 4.79 Å². The van der Waals surface area contributed by atoms with E-state index in [-0.39, 0.29) is 17.7 Å². The third-order valence-corrected chi connectivity index (χ3v) is 7.48. The average Bonchev–Trinajstić information content (AvgIpc) is 3.39. The number of carboxylic acid groups (broad SMARTS) is 1. The summed E-state index contributed by atoms with van der Waals surface area (Å²) in [6.07, 6.45) is 3.24. The van der Waals surface area contributed by atoms with Crippen LogP contribution in [0.15, 0.2) is 34.9 Å². The van der Waals surface area contributed by atoms with Gasteiger partial charge < -0.3 is 18.9 Å². The molecule has 7 nitrogen and oxygen atoms in total. The molecule has 4 aromatic rings. The van der Waals surface area contributed by atoms with Gasteiger partial charge in [0.1, 0.15) is 11.6 Å². The summed E-state index contributed by atoms with van der Waals surface area (Å²) in [5, 5.41) is 13.6. The lowest BCUT2D eigenvalue weighted by Gasteiger charge is -2.29. The largest absolute Gasteiger partial charge is 0.494 e. The van der Waals surface area contributed by atoms with E-state index in [1.165, 1.54) is 13.2 Å². The predicted molar refractivity (Wildman–Crippen MR) is 134 cm³/mol. The van der Waals surface area contributed by atoms with E-state index in [0.29, 0.717) is 19.3 Å². The summed E-state index contributed by atoms with van der Waals surface area (Å²) in [5.74, 6) is 0.374. The first-order valence-electron chi connectivity index (χ1n) is 12.3. The van der Waals surface area contributed by atoms with Crippen LogP contribution >= 0.6 is 0 Å². The molecule has 0 saturated heterocycles. The van der Waals surface area contributed by atoms with E-state index in [0.717, 1.165) is 63.4 Å². The maximum Gasteiger partial charge on any atom is 0.306 e. The zero-order valence-corrected chi connectivity index (χ0v) is 21.0. The molecule has 8 heteroatoms. The van der Waals surface area contributed by atoms with Gasteiger partial charge in [0, 0.05) is 18.0 Å². The smallest absolute Gasteiger partial charge is 0.306 e. The molecule has 1 fully saturated rings.